The molecule has 26 heavy (non-hydrogen) atoms. The molecule has 0 unspecified atom stereocenters. The van der Waals surface area contributed by atoms with E-state index in [4.69, 9.17) is 11.6 Å². The molecule has 0 radical (unpaired) electrons. The normalized spacial score (nSPS) is 18.3. The zero-order valence-electron chi connectivity index (χ0n) is 15.0. The molecule has 2 N–H and O–H groups in total. The Bertz CT molecular complexity index is 669. The lowest BCUT2D eigenvalue weighted by Gasteiger charge is -2.24. The van der Waals surface area contributed by atoms with Crippen LogP contribution in [-0.2, 0) is 21.5 Å². The van der Waals surface area contributed by atoms with Crippen LogP contribution in [0.1, 0.15) is 31.2 Å². The summed E-state index contributed by atoms with van der Waals surface area (Å²) in [5.74, 6) is 0. The van der Waals surface area contributed by atoms with Crippen LogP contribution in [0.15, 0.2) is 24.3 Å². The van der Waals surface area contributed by atoms with Gasteiger partial charge < -0.3 is 10.2 Å². The molecule has 0 aromatic heterocycles. The lowest BCUT2D eigenvalue weighted by atomic mass is 10.1. The zero-order valence-corrected chi connectivity index (χ0v) is 16.6. The number of halogens is 1. The van der Waals surface area contributed by atoms with Crippen LogP contribution in [-0.4, -0.2) is 56.9 Å². The smallest absolute Gasteiger partial charge is 0.281 e. The summed E-state index contributed by atoms with van der Waals surface area (Å²) >= 11 is 5.84. The first kappa shape index (κ1) is 21.1. The highest BCUT2D eigenvalue weighted by Crippen LogP contribution is 2.19. The lowest BCUT2D eigenvalue weighted by molar-refractivity contribution is -0.109. The average Bonchev–Trinajstić information content (AvgIpc) is 3.02. The zero-order chi connectivity index (χ0) is 19.0. The second-order valence-electron chi connectivity index (χ2n) is 6.53. The molecule has 1 saturated heterocycles. The number of nitrogens with zero attached hydrogens (tertiary/aromatic N) is 2. The number of benzene rings is 1. The fourth-order valence-electron chi connectivity index (χ4n) is 3.14. The molecular weight excluding hydrogens is 376 g/mol. The first-order valence-corrected chi connectivity index (χ1v) is 10.6. The van der Waals surface area contributed by atoms with Crippen molar-refractivity contribution in [2.24, 2.45) is 0 Å². The molecule has 1 aliphatic heterocycles. The number of carbonyl (C=O) groups excluding carboxylic acids is 1. The maximum atomic E-state index is 12.6. The summed E-state index contributed by atoms with van der Waals surface area (Å²) in [6.07, 6.45) is 4.55. The van der Waals surface area contributed by atoms with Crippen molar-refractivity contribution in [3.05, 3.63) is 34.9 Å². The lowest BCUT2D eigenvalue weighted by Crippen LogP contribution is -2.45. The van der Waals surface area contributed by atoms with E-state index < -0.39 is 10.2 Å². The highest BCUT2D eigenvalue weighted by Gasteiger charge is 2.24. The van der Waals surface area contributed by atoms with Crippen LogP contribution in [0.3, 0.4) is 0 Å². The van der Waals surface area contributed by atoms with E-state index in [1.54, 1.807) is 24.3 Å². The summed E-state index contributed by atoms with van der Waals surface area (Å²) in [5.41, 5.74) is 0.814. The Morgan fingerprint density at radius 2 is 2.08 bits per heavy atom. The van der Waals surface area contributed by atoms with Crippen molar-refractivity contribution in [1.82, 2.24) is 19.2 Å². The Kier molecular flexibility index (Phi) is 8.30. The van der Waals surface area contributed by atoms with Crippen LogP contribution < -0.4 is 10.0 Å². The first-order valence-electron chi connectivity index (χ1n) is 8.79. The summed E-state index contributed by atoms with van der Waals surface area (Å²) < 4.78 is 29.0. The molecule has 9 heteroatoms. The van der Waals surface area contributed by atoms with Crippen molar-refractivity contribution in [2.75, 3.05) is 26.8 Å². The van der Waals surface area contributed by atoms with E-state index in [9.17, 15) is 13.2 Å². The van der Waals surface area contributed by atoms with Gasteiger partial charge in [-0.1, -0.05) is 23.7 Å². The van der Waals surface area contributed by atoms with Crippen molar-refractivity contribution in [3.8, 4) is 0 Å². The van der Waals surface area contributed by atoms with Gasteiger partial charge in [0.15, 0.2) is 0 Å². The molecule has 0 saturated carbocycles. The van der Waals surface area contributed by atoms with E-state index in [1.807, 2.05) is 0 Å². The van der Waals surface area contributed by atoms with Gasteiger partial charge in [-0.05, 0) is 57.0 Å². The largest absolute Gasteiger partial charge is 0.345 e. The number of nitrogens with one attached hydrogen (secondary N) is 2. The third-order valence-electron chi connectivity index (χ3n) is 4.68. The third-order valence-corrected chi connectivity index (χ3v) is 6.43. The van der Waals surface area contributed by atoms with Crippen LogP contribution in [0, 0.1) is 0 Å². The highest BCUT2D eigenvalue weighted by atomic mass is 35.5. The molecule has 0 bridgehead atoms. The van der Waals surface area contributed by atoms with Gasteiger partial charge in [0.1, 0.15) is 0 Å². The molecule has 1 amide bonds. The molecule has 1 aliphatic rings. The maximum Gasteiger partial charge on any atom is 0.281 e. The van der Waals surface area contributed by atoms with Crippen LogP contribution in [0.25, 0.3) is 0 Å². The van der Waals surface area contributed by atoms with Gasteiger partial charge in [-0.25, -0.2) is 0 Å². The topological polar surface area (TPSA) is 81.8 Å². The predicted octanol–water partition coefficient (Wildman–Crippen LogP) is 1.55. The van der Waals surface area contributed by atoms with Crippen LogP contribution >= 0.6 is 11.6 Å². The number of likely N-dealkylation sites (tertiary alicyclic amines) is 1. The number of rotatable bonds is 11. The SMILES string of the molecule is CN1CCC[C@H]1CCCN(CNC=O)S(=O)(=O)NCc1ccc(Cl)cc1. The molecule has 1 heterocycles. The molecule has 1 aromatic rings. The van der Waals surface area contributed by atoms with Crippen LogP contribution in [0.4, 0.5) is 0 Å². The van der Waals surface area contributed by atoms with E-state index >= 15 is 0 Å². The van der Waals surface area contributed by atoms with E-state index in [0.717, 1.165) is 31.4 Å². The molecule has 0 spiro atoms. The summed E-state index contributed by atoms with van der Waals surface area (Å²) in [6.45, 7) is 1.59. The standard InChI is InChI=1S/C17H27ClN4O3S/c1-21-10-2-4-17(21)5-3-11-22(13-19-14-23)26(24,25)20-12-15-6-8-16(18)9-7-15/h6-9,14,17,20H,2-5,10-13H2,1H3,(H,19,23)/t17-/m0/s1. The van der Waals surface area contributed by atoms with Gasteiger partial charge in [-0.2, -0.15) is 17.4 Å². The van der Waals surface area contributed by atoms with Gasteiger partial charge in [-0.3, -0.25) is 4.79 Å². The predicted molar refractivity (Wildman–Crippen MR) is 103 cm³/mol. The maximum absolute atomic E-state index is 12.6. The summed E-state index contributed by atoms with van der Waals surface area (Å²) in [4.78, 5) is 12.9. The molecule has 1 atom stereocenters. The molecule has 7 nitrogen and oxygen atoms in total. The quantitative estimate of drug-likeness (QED) is 0.434. The van der Waals surface area contributed by atoms with E-state index in [0.29, 0.717) is 24.0 Å². The molecule has 1 aromatic carbocycles. The Balaban J connectivity index is 1.89. The molecule has 146 valence electrons. The van der Waals surface area contributed by atoms with Crippen molar-refractivity contribution in [2.45, 2.75) is 38.3 Å². The van der Waals surface area contributed by atoms with Crippen LogP contribution in [0.2, 0.25) is 5.02 Å². The number of hydrogen-bond donors (Lipinski definition) is 2. The van der Waals surface area contributed by atoms with E-state index in [2.05, 4.69) is 22.0 Å². The Morgan fingerprint density at radius 3 is 2.69 bits per heavy atom. The van der Waals surface area contributed by atoms with Gasteiger partial charge in [0.2, 0.25) is 6.41 Å². The minimum absolute atomic E-state index is 0.0417. The van der Waals surface area contributed by atoms with Gasteiger partial charge in [-0.15, -0.1) is 0 Å². The second-order valence-corrected chi connectivity index (χ2v) is 8.72. The Hall–Kier alpha value is -1.19. The van der Waals surface area contributed by atoms with Crippen molar-refractivity contribution >= 4 is 28.2 Å². The van der Waals surface area contributed by atoms with E-state index in [1.165, 1.54) is 10.7 Å². The number of hydrogen-bond acceptors (Lipinski definition) is 4. The molecular formula is C17H27ClN4O3S. The van der Waals surface area contributed by atoms with Crippen LogP contribution in [0.5, 0.6) is 0 Å². The summed E-state index contributed by atoms with van der Waals surface area (Å²) in [6, 6.07) is 7.49. The third kappa shape index (κ3) is 6.51. The monoisotopic (exact) mass is 402 g/mol. The minimum Gasteiger partial charge on any atom is -0.345 e. The van der Waals surface area contributed by atoms with Gasteiger partial charge in [0.25, 0.3) is 10.2 Å². The first-order chi connectivity index (χ1) is 12.4. The van der Waals surface area contributed by atoms with Gasteiger partial charge in [0, 0.05) is 24.2 Å². The van der Waals surface area contributed by atoms with Crippen molar-refractivity contribution in [3.63, 3.8) is 0 Å². The highest BCUT2D eigenvalue weighted by molar-refractivity contribution is 7.87. The average molecular weight is 403 g/mol. The van der Waals surface area contributed by atoms with Crippen molar-refractivity contribution < 1.29 is 13.2 Å². The summed E-state index contributed by atoms with van der Waals surface area (Å²) in [7, 11) is -1.59. The molecule has 2 rings (SSSR count). The van der Waals surface area contributed by atoms with Gasteiger partial charge >= 0.3 is 0 Å². The second kappa shape index (κ2) is 10.2. The van der Waals surface area contributed by atoms with E-state index in [-0.39, 0.29) is 13.2 Å². The fourth-order valence-corrected chi connectivity index (χ4v) is 4.41. The van der Waals surface area contributed by atoms with Gasteiger partial charge in [0.05, 0.1) is 6.67 Å². The minimum atomic E-state index is -3.70. The summed E-state index contributed by atoms with van der Waals surface area (Å²) in [5, 5.41) is 3.05. The fraction of sp³-hybridized carbons (Fsp3) is 0.588. The molecule has 0 aliphatic carbocycles. The van der Waals surface area contributed by atoms with Crippen molar-refractivity contribution in [1.29, 1.82) is 0 Å². The Labute approximate surface area is 160 Å². The Morgan fingerprint density at radius 1 is 1.35 bits per heavy atom. The number of carbonyl (C=O) groups is 1. The molecule has 1 fully saturated rings. The number of amides is 1.